The number of aromatic nitrogens is 2. The van der Waals surface area contributed by atoms with Crippen molar-refractivity contribution in [1.82, 2.24) is 19.4 Å². The molecule has 1 aliphatic rings. The molecular weight excluding hydrogens is 288 g/mol. The van der Waals surface area contributed by atoms with Gasteiger partial charge in [0, 0.05) is 56.8 Å². The Kier molecular flexibility index (Phi) is 5.10. The van der Waals surface area contributed by atoms with E-state index in [9.17, 15) is 5.11 Å². The summed E-state index contributed by atoms with van der Waals surface area (Å²) in [5.41, 5.74) is 2.48. The second-order valence-corrected chi connectivity index (χ2v) is 6.56. The molecule has 0 radical (unpaired) electrons. The average molecular weight is 314 g/mol. The van der Waals surface area contributed by atoms with Crippen LogP contribution in [0.4, 0.5) is 0 Å². The number of β-amino-alcohol motifs (C(OH)–C–C–N with tert-alkyl or cyclic N) is 1. The van der Waals surface area contributed by atoms with Gasteiger partial charge >= 0.3 is 0 Å². The Morgan fingerprint density at radius 3 is 2.65 bits per heavy atom. The van der Waals surface area contributed by atoms with E-state index < -0.39 is 0 Å². The number of hydrogen-bond acceptors (Lipinski definition) is 4. The van der Waals surface area contributed by atoms with E-state index in [1.54, 1.807) is 6.20 Å². The molecule has 0 saturated carbocycles. The van der Waals surface area contributed by atoms with E-state index in [-0.39, 0.29) is 6.10 Å². The molecule has 0 spiro atoms. The van der Waals surface area contributed by atoms with E-state index in [0.29, 0.717) is 6.04 Å². The van der Waals surface area contributed by atoms with Gasteiger partial charge in [0.2, 0.25) is 0 Å². The predicted octanol–water partition coefficient (Wildman–Crippen LogP) is 1.76. The van der Waals surface area contributed by atoms with Gasteiger partial charge in [-0.2, -0.15) is 0 Å². The average Bonchev–Trinajstić information content (AvgIpc) is 3.05. The maximum absolute atomic E-state index is 9.57. The predicted molar refractivity (Wildman–Crippen MR) is 91.6 cm³/mol. The lowest BCUT2D eigenvalue weighted by Gasteiger charge is -2.40. The first-order chi connectivity index (χ1) is 11.1. The van der Waals surface area contributed by atoms with Crippen molar-refractivity contribution in [3.05, 3.63) is 48.5 Å². The minimum absolute atomic E-state index is 0.250. The third-order valence-corrected chi connectivity index (χ3v) is 4.49. The Labute approximate surface area is 138 Å². The van der Waals surface area contributed by atoms with E-state index in [1.165, 1.54) is 5.56 Å². The summed E-state index contributed by atoms with van der Waals surface area (Å²) in [5.74, 6) is 0. The van der Waals surface area contributed by atoms with Crippen molar-refractivity contribution in [2.24, 2.45) is 0 Å². The largest absolute Gasteiger partial charge is 0.392 e. The normalized spacial score (nSPS) is 21.4. The quantitative estimate of drug-likeness (QED) is 0.913. The van der Waals surface area contributed by atoms with Gasteiger partial charge in [0.1, 0.15) is 0 Å². The minimum Gasteiger partial charge on any atom is -0.392 e. The topological polar surface area (TPSA) is 44.5 Å². The Bertz CT molecular complexity index is 594. The smallest absolute Gasteiger partial charge is 0.0991 e. The number of hydrogen-bond donors (Lipinski definition) is 1. The zero-order valence-electron chi connectivity index (χ0n) is 14.0. The van der Waals surface area contributed by atoms with Crippen LogP contribution in [0.3, 0.4) is 0 Å². The maximum atomic E-state index is 9.57. The fourth-order valence-electron chi connectivity index (χ4n) is 3.27. The van der Waals surface area contributed by atoms with Gasteiger partial charge in [0.25, 0.3) is 0 Å². The molecule has 1 aromatic carbocycles. The van der Waals surface area contributed by atoms with Gasteiger partial charge in [-0.3, -0.25) is 9.80 Å². The van der Waals surface area contributed by atoms with Gasteiger partial charge in [-0.15, -0.1) is 0 Å². The lowest BCUT2D eigenvalue weighted by atomic mass is 10.1. The molecule has 1 fully saturated rings. The van der Waals surface area contributed by atoms with Gasteiger partial charge < -0.3 is 9.67 Å². The fraction of sp³-hybridized carbons (Fsp3) is 0.500. The van der Waals surface area contributed by atoms with E-state index in [2.05, 4.69) is 46.0 Å². The Morgan fingerprint density at radius 2 is 2.04 bits per heavy atom. The Balaban J connectivity index is 1.56. The molecule has 2 heterocycles. The van der Waals surface area contributed by atoms with E-state index in [1.807, 2.05) is 24.0 Å². The molecule has 0 amide bonds. The van der Waals surface area contributed by atoms with Crippen molar-refractivity contribution in [1.29, 1.82) is 0 Å². The fourth-order valence-corrected chi connectivity index (χ4v) is 3.27. The van der Waals surface area contributed by atoms with Crippen molar-refractivity contribution < 1.29 is 5.11 Å². The van der Waals surface area contributed by atoms with Crippen LogP contribution in [0.2, 0.25) is 0 Å². The molecule has 0 aliphatic carbocycles. The molecule has 1 aliphatic heterocycles. The standard InChI is InChI=1S/C18H26N4O/c1-15-11-20(9-10-21(15)12-16(2)23)13-17-3-5-18(6-4-17)22-8-7-19-14-22/h3-8,14-16,23H,9-13H2,1-2H3/t15-,16-/m0/s1. The third kappa shape index (κ3) is 4.19. The van der Waals surface area contributed by atoms with Gasteiger partial charge in [-0.1, -0.05) is 12.1 Å². The summed E-state index contributed by atoms with van der Waals surface area (Å²) in [6, 6.07) is 9.17. The number of aliphatic hydroxyl groups is 1. The van der Waals surface area contributed by atoms with Crippen LogP contribution in [0.25, 0.3) is 5.69 Å². The van der Waals surface area contributed by atoms with E-state index >= 15 is 0 Å². The highest BCUT2D eigenvalue weighted by molar-refractivity contribution is 5.34. The van der Waals surface area contributed by atoms with E-state index in [4.69, 9.17) is 0 Å². The van der Waals surface area contributed by atoms with Crippen LogP contribution in [-0.4, -0.2) is 62.8 Å². The number of piperazine rings is 1. The minimum atomic E-state index is -0.250. The van der Waals surface area contributed by atoms with Crippen LogP contribution in [0, 0.1) is 0 Å². The van der Waals surface area contributed by atoms with Crippen molar-refractivity contribution in [2.75, 3.05) is 26.2 Å². The number of imidazole rings is 1. The van der Waals surface area contributed by atoms with Gasteiger partial charge in [0.05, 0.1) is 12.4 Å². The van der Waals surface area contributed by atoms with Gasteiger partial charge in [0.15, 0.2) is 0 Å². The molecule has 0 bridgehead atoms. The Morgan fingerprint density at radius 1 is 1.26 bits per heavy atom. The molecule has 3 rings (SSSR count). The number of aliphatic hydroxyl groups excluding tert-OH is 1. The highest BCUT2D eigenvalue weighted by atomic mass is 16.3. The van der Waals surface area contributed by atoms with Crippen molar-refractivity contribution in [3.63, 3.8) is 0 Å². The molecule has 5 nitrogen and oxygen atoms in total. The van der Waals surface area contributed by atoms with Crippen LogP contribution in [0.15, 0.2) is 43.0 Å². The lowest BCUT2D eigenvalue weighted by Crippen LogP contribution is -2.53. The highest BCUT2D eigenvalue weighted by Gasteiger charge is 2.24. The van der Waals surface area contributed by atoms with Crippen LogP contribution in [0.1, 0.15) is 19.4 Å². The second-order valence-electron chi connectivity index (χ2n) is 6.56. The van der Waals surface area contributed by atoms with Gasteiger partial charge in [-0.05, 0) is 31.5 Å². The molecule has 2 atom stereocenters. The summed E-state index contributed by atoms with van der Waals surface area (Å²) >= 11 is 0. The molecule has 124 valence electrons. The molecule has 0 unspecified atom stereocenters. The Hall–Kier alpha value is -1.69. The van der Waals surface area contributed by atoms with Crippen molar-refractivity contribution in [2.45, 2.75) is 32.5 Å². The van der Waals surface area contributed by atoms with Crippen LogP contribution >= 0.6 is 0 Å². The highest BCUT2D eigenvalue weighted by Crippen LogP contribution is 2.15. The number of nitrogens with zero attached hydrogens (tertiary/aromatic N) is 4. The van der Waals surface area contributed by atoms with Gasteiger partial charge in [-0.25, -0.2) is 4.98 Å². The van der Waals surface area contributed by atoms with Crippen LogP contribution < -0.4 is 0 Å². The number of rotatable bonds is 5. The third-order valence-electron chi connectivity index (χ3n) is 4.49. The lowest BCUT2D eigenvalue weighted by molar-refractivity contribution is 0.0423. The molecule has 23 heavy (non-hydrogen) atoms. The molecule has 5 heteroatoms. The number of benzene rings is 1. The van der Waals surface area contributed by atoms with Crippen LogP contribution in [-0.2, 0) is 6.54 Å². The summed E-state index contributed by atoms with van der Waals surface area (Å²) in [4.78, 5) is 8.96. The second kappa shape index (κ2) is 7.25. The summed E-state index contributed by atoms with van der Waals surface area (Å²) in [6.07, 6.45) is 5.32. The summed E-state index contributed by atoms with van der Waals surface area (Å²) in [6.45, 7) is 9.00. The summed E-state index contributed by atoms with van der Waals surface area (Å²) in [7, 11) is 0. The van der Waals surface area contributed by atoms with Crippen LogP contribution in [0.5, 0.6) is 0 Å². The zero-order valence-corrected chi connectivity index (χ0v) is 14.0. The molecular formula is C18H26N4O. The molecule has 1 N–H and O–H groups in total. The van der Waals surface area contributed by atoms with Crippen molar-refractivity contribution in [3.8, 4) is 5.69 Å². The SMILES string of the molecule is C[C@H](O)CN1CCN(Cc2ccc(-n3ccnc3)cc2)C[C@@H]1C. The first-order valence-electron chi connectivity index (χ1n) is 8.33. The first kappa shape index (κ1) is 16.2. The maximum Gasteiger partial charge on any atom is 0.0991 e. The summed E-state index contributed by atoms with van der Waals surface area (Å²) < 4.78 is 2.01. The summed E-state index contributed by atoms with van der Waals surface area (Å²) in [5, 5.41) is 9.57. The van der Waals surface area contributed by atoms with E-state index in [0.717, 1.165) is 38.4 Å². The first-order valence-corrected chi connectivity index (χ1v) is 8.33. The molecule has 1 saturated heterocycles. The molecule has 1 aromatic heterocycles. The van der Waals surface area contributed by atoms with Crippen molar-refractivity contribution >= 4 is 0 Å². The zero-order chi connectivity index (χ0) is 16.2. The molecule has 2 aromatic rings. The monoisotopic (exact) mass is 314 g/mol.